The molecule has 2 nitrogen and oxygen atoms in total. The van der Waals surface area contributed by atoms with Crippen LogP contribution in [-0.4, -0.2) is 41.8 Å². The molecule has 3 heteroatoms. The van der Waals surface area contributed by atoms with Crippen molar-refractivity contribution < 1.29 is 4.79 Å². The molecule has 0 unspecified atom stereocenters. The molecule has 0 saturated carbocycles. The van der Waals surface area contributed by atoms with Crippen molar-refractivity contribution in [1.82, 2.24) is 4.90 Å². The van der Waals surface area contributed by atoms with Crippen molar-refractivity contribution >= 4 is 24.3 Å². The molecule has 2 aliphatic rings. The Kier molecular flexibility index (Phi) is 9.76. The van der Waals surface area contributed by atoms with Gasteiger partial charge in [0, 0.05) is 0 Å². The van der Waals surface area contributed by atoms with E-state index in [-0.39, 0.29) is 5.92 Å². The van der Waals surface area contributed by atoms with Crippen molar-refractivity contribution in [1.29, 1.82) is 0 Å². The summed E-state index contributed by atoms with van der Waals surface area (Å²) in [5.41, 5.74) is 3.10. The predicted octanol–water partition coefficient (Wildman–Crippen LogP) is 7.66. The van der Waals surface area contributed by atoms with Gasteiger partial charge in [-0.1, -0.05) is 0 Å². The summed E-state index contributed by atoms with van der Waals surface area (Å²) in [6.07, 6.45) is 9.25. The van der Waals surface area contributed by atoms with Crippen LogP contribution in [0.4, 0.5) is 0 Å². The molecule has 2 heterocycles. The SMILES string of the molecule is CCC[CH2][Sn](/[CH]=C1\CN2C(=O)[C@@H](C(C)C)[C@@H]2[C@H]1Cc1ccccc1)([CH2]CCC)[CH2]CCC. The Morgan fingerprint density at radius 2 is 1.53 bits per heavy atom. The molecule has 0 bridgehead atoms. The van der Waals surface area contributed by atoms with E-state index in [1.54, 1.807) is 5.57 Å². The maximum atomic E-state index is 13.0. The monoisotopic (exact) mass is 545 g/mol. The zero-order valence-corrected chi connectivity index (χ0v) is 24.3. The standard InChI is InChI=1S/C17H20NO.3C4H9.Sn/c1-11(2)15-16-14(9-13-7-5-4-6-8-13)12(3)10-18(16)17(15)19;3*1-3-4-2;/h3-8,11,14-16H,9-10H2,1-2H3;3*1,3-4H2,2H3;/t14-,15-,16-;;;;/m0..../s1. The third kappa shape index (κ3) is 5.83. The summed E-state index contributed by atoms with van der Waals surface area (Å²) in [5, 5.41) is 0. The van der Waals surface area contributed by atoms with Gasteiger partial charge in [-0.3, -0.25) is 0 Å². The van der Waals surface area contributed by atoms with Crippen molar-refractivity contribution in [2.75, 3.05) is 6.54 Å². The maximum absolute atomic E-state index is 13.0. The van der Waals surface area contributed by atoms with Gasteiger partial charge in [-0.25, -0.2) is 0 Å². The second kappa shape index (κ2) is 12.1. The van der Waals surface area contributed by atoms with Gasteiger partial charge in [0.05, 0.1) is 0 Å². The van der Waals surface area contributed by atoms with Crippen LogP contribution in [0, 0.1) is 17.8 Å². The number of amides is 1. The number of nitrogens with zero attached hydrogens (tertiary/aromatic N) is 1. The number of carbonyl (C=O) groups excluding carboxylic acids is 1. The van der Waals surface area contributed by atoms with Crippen LogP contribution < -0.4 is 0 Å². The zero-order chi connectivity index (χ0) is 23.1. The van der Waals surface area contributed by atoms with Crippen LogP contribution in [0.15, 0.2) is 40.0 Å². The average Bonchev–Trinajstić information content (AvgIpc) is 3.08. The third-order valence-electron chi connectivity index (χ3n) is 8.13. The second-order valence-electron chi connectivity index (χ2n) is 10.9. The molecule has 2 saturated heterocycles. The fourth-order valence-electron chi connectivity index (χ4n) is 6.30. The van der Waals surface area contributed by atoms with Crippen LogP contribution in [-0.2, 0) is 11.2 Å². The third-order valence-corrected chi connectivity index (χ3v) is 22.5. The summed E-state index contributed by atoms with van der Waals surface area (Å²) in [4.78, 5) is 15.3. The fourth-order valence-corrected chi connectivity index (χ4v) is 21.9. The molecule has 0 aromatic heterocycles. The van der Waals surface area contributed by atoms with Crippen LogP contribution in [0.5, 0.6) is 0 Å². The minimum atomic E-state index is -2.41. The molecular weight excluding hydrogens is 497 g/mol. The molecule has 1 aromatic rings. The first kappa shape index (κ1) is 25.8. The van der Waals surface area contributed by atoms with Gasteiger partial charge in [0.25, 0.3) is 0 Å². The molecule has 2 aliphatic heterocycles. The van der Waals surface area contributed by atoms with Gasteiger partial charge in [0.2, 0.25) is 0 Å². The van der Waals surface area contributed by atoms with Crippen LogP contribution >= 0.6 is 0 Å². The van der Waals surface area contributed by atoms with Gasteiger partial charge in [0.15, 0.2) is 0 Å². The van der Waals surface area contributed by atoms with E-state index in [0.717, 1.165) is 13.0 Å². The van der Waals surface area contributed by atoms with E-state index in [1.807, 2.05) is 0 Å². The van der Waals surface area contributed by atoms with Crippen molar-refractivity contribution in [2.45, 2.75) is 98.9 Å². The molecule has 1 aromatic carbocycles. The molecule has 32 heavy (non-hydrogen) atoms. The van der Waals surface area contributed by atoms with E-state index in [1.165, 1.54) is 57.4 Å². The number of carbonyl (C=O) groups is 1. The summed E-state index contributed by atoms with van der Waals surface area (Å²) < 4.78 is 7.48. The van der Waals surface area contributed by atoms with E-state index in [0.29, 0.717) is 23.8 Å². The average molecular weight is 544 g/mol. The Balaban J connectivity index is 1.97. The summed E-state index contributed by atoms with van der Waals surface area (Å²) in [5.74, 6) is 1.61. The van der Waals surface area contributed by atoms with Crippen molar-refractivity contribution in [3.8, 4) is 0 Å². The molecule has 2 fully saturated rings. The topological polar surface area (TPSA) is 20.3 Å². The number of β-lactam (4-membered cyclic amide) rings is 1. The number of benzene rings is 1. The number of hydrogen-bond donors (Lipinski definition) is 0. The van der Waals surface area contributed by atoms with Crippen LogP contribution in [0.2, 0.25) is 13.3 Å². The Labute approximate surface area is 202 Å². The molecule has 178 valence electrons. The van der Waals surface area contributed by atoms with E-state index < -0.39 is 18.4 Å². The first-order valence-electron chi connectivity index (χ1n) is 13.5. The van der Waals surface area contributed by atoms with E-state index in [4.69, 9.17) is 0 Å². The van der Waals surface area contributed by atoms with Gasteiger partial charge < -0.3 is 0 Å². The molecule has 0 aliphatic carbocycles. The molecule has 1 amide bonds. The van der Waals surface area contributed by atoms with E-state index >= 15 is 0 Å². The fraction of sp³-hybridized carbons (Fsp3) is 0.690. The van der Waals surface area contributed by atoms with E-state index in [2.05, 4.69) is 73.9 Å². The number of hydrogen-bond acceptors (Lipinski definition) is 1. The number of rotatable bonds is 13. The van der Waals surface area contributed by atoms with Crippen LogP contribution in [0.1, 0.15) is 78.7 Å². The molecule has 3 rings (SSSR count). The summed E-state index contributed by atoms with van der Waals surface area (Å²) in [6, 6.07) is 11.5. The van der Waals surface area contributed by atoms with Gasteiger partial charge in [-0.05, 0) is 0 Å². The molecule has 0 spiro atoms. The summed E-state index contributed by atoms with van der Waals surface area (Å²) in [6.45, 7) is 12.5. The van der Waals surface area contributed by atoms with Crippen molar-refractivity contribution in [3.63, 3.8) is 0 Å². The minimum absolute atomic E-state index is 0.223. The Morgan fingerprint density at radius 3 is 2.03 bits per heavy atom. The first-order chi connectivity index (χ1) is 15.5. The predicted molar refractivity (Wildman–Crippen MR) is 140 cm³/mol. The molecule has 0 radical (unpaired) electrons. The first-order valence-corrected chi connectivity index (χ1v) is 21.2. The number of fused-ring (bicyclic) bond motifs is 1. The normalized spacial score (nSPS) is 24.3. The molecule has 0 N–H and O–H groups in total. The summed E-state index contributed by atoms with van der Waals surface area (Å²) in [7, 11) is 0. The number of unbranched alkanes of at least 4 members (excludes halogenated alkanes) is 3. The Morgan fingerprint density at radius 1 is 0.969 bits per heavy atom. The zero-order valence-electron chi connectivity index (χ0n) is 21.4. The van der Waals surface area contributed by atoms with Gasteiger partial charge in [-0.2, -0.15) is 0 Å². The van der Waals surface area contributed by atoms with Crippen LogP contribution in [0.3, 0.4) is 0 Å². The Hall–Kier alpha value is -0.771. The Bertz CT molecular complexity index is 734. The van der Waals surface area contributed by atoms with Gasteiger partial charge in [0.1, 0.15) is 0 Å². The summed E-state index contributed by atoms with van der Waals surface area (Å²) >= 11 is -2.41. The molecular formula is C29H47NOSn. The van der Waals surface area contributed by atoms with E-state index in [9.17, 15) is 4.79 Å². The van der Waals surface area contributed by atoms with Gasteiger partial charge >= 0.3 is 203 Å². The molecule has 3 atom stereocenters. The van der Waals surface area contributed by atoms with Crippen molar-refractivity contribution in [2.24, 2.45) is 17.8 Å². The quantitative estimate of drug-likeness (QED) is 0.185. The van der Waals surface area contributed by atoms with Crippen LogP contribution in [0.25, 0.3) is 0 Å². The second-order valence-corrected chi connectivity index (χ2v) is 23.8. The van der Waals surface area contributed by atoms with Crippen molar-refractivity contribution in [3.05, 3.63) is 45.6 Å². The van der Waals surface area contributed by atoms with Gasteiger partial charge in [-0.15, -0.1) is 0 Å².